The highest BCUT2D eigenvalue weighted by atomic mass is 16.3. The van der Waals surface area contributed by atoms with Gasteiger partial charge in [0.15, 0.2) is 5.96 Å². The number of guanidine groups is 1. The number of carbonyl (C=O) groups excluding carboxylic acids is 1. The number of aliphatic hydroxyl groups excluding tert-OH is 1. The highest BCUT2D eigenvalue weighted by Crippen LogP contribution is 2.16. The van der Waals surface area contributed by atoms with E-state index in [4.69, 9.17) is 0 Å². The Hall–Kier alpha value is -2.87. The molecule has 0 spiro atoms. The van der Waals surface area contributed by atoms with Gasteiger partial charge in [-0.25, -0.2) is 4.99 Å². The number of hydrogen-bond donors (Lipinski definition) is 2. The summed E-state index contributed by atoms with van der Waals surface area (Å²) in [7, 11) is 1.84. The van der Waals surface area contributed by atoms with Crippen LogP contribution in [0.25, 0.3) is 0 Å². The molecule has 1 aromatic carbocycles. The number of nitrogens with one attached hydrogen (secondary N) is 1. The van der Waals surface area contributed by atoms with Crippen LogP contribution in [0.15, 0.2) is 41.7 Å². The average Bonchev–Trinajstić information content (AvgIpc) is 3.11. The Morgan fingerprint density at radius 3 is 2.81 bits per heavy atom. The van der Waals surface area contributed by atoms with Gasteiger partial charge >= 0.3 is 0 Å². The van der Waals surface area contributed by atoms with Crippen molar-refractivity contribution in [2.24, 2.45) is 12.0 Å². The van der Waals surface area contributed by atoms with Crippen molar-refractivity contribution in [2.45, 2.75) is 20.1 Å². The maximum Gasteiger partial charge on any atom is 0.246 e. The summed E-state index contributed by atoms with van der Waals surface area (Å²) in [5.74, 6) is 0.758. The van der Waals surface area contributed by atoms with Crippen LogP contribution in [0.5, 0.6) is 0 Å². The summed E-state index contributed by atoms with van der Waals surface area (Å²) in [6, 6.07) is 7.73. The van der Waals surface area contributed by atoms with E-state index in [1.165, 1.54) is 0 Å². The second-order valence-corrected chi connectivity index (χ2v) is 6.49. The number of benzene rings is 1. The Balaban J connectivity index is 1.69. The number of anilines is 1. The Kier molecular flexibility index (Phi) is 6.08. The van der Waals surface area contributed by atoms with Crippen molar-refractivity contribution in [1.82, 2.24) is 20.0 Å². The fourth-order valence-corrected chi connectivity index (χ4v) is 3.09. The van der Waals surface area contributed by atoms with E-state index in [1.54, 1.807) is 15.8 Å². The molecule has 0 radical (unpaired) electrons. The van der Waals surface area contributed by atoms with Gasteiger partial charge in [0.25, 0.3) is 0 Å². The quantitative estimate of drug-likeness (QED) is 0.599. The second kappa shape index (κ2) is 8.68. The highest BCUT2D eigenvalue weighted by molar-refractivity contribution is 5.98. The smallest absolute Gasteiger partial charge is 0.246 e. The van der Waals surface area contributed by atoms with E-state index in [0.717, 1.165) is 29.3 Å². The number of nitrogens with zero attached hydrogens (tertiary/aromatic N) is 5. The van der Waals surface area contributed by atoms with Crippen molar-refractivity contribution in [3.05, 3.63) is 47.8 Å². The van der Waals surface area contributed by atoms with Gasteiger partial charge in [-0.05, 0) is 18.1 Å². The topological polar surface area (TPSA) is 86.0 Å². The molecular weight excluding hydrogens is 344 g/mol. The van der Waals surface area contributed by atoms with Crippen molar-refractivity contribution in [3.63, 3.8) is 0 Å². The molecule has 0 saturated carbocycles. The second-order valence-electron chi connectivity index (χ2n) is 6.49. The zero-order valence-corrected chi connectivity index (χ0v) is 15.8. The number of amides is 1. The van der Waals surface area contributed by atoms with Crippen LogP contribution in [0.4, 0.5) is 5.69 Å². The fraction of sp³-hybridized carbons (Fsp3) is 0.421. The molecular formula is C19H26N6O2. The van der Waals surface area contributed by atoms with Crippen molar-refractivity contribution >= 4 is 17.6 Å². The molecule has 1 amide bonds. The van der Waals surface area contributed by atoms with Crippen LogP contribution in [0.3, 0.4) is 0 Å². The van der Waals surface area contributed by atoms with Crippen LogP contribution in [-0.2, 0) is 25.0 Å². The largest absolute Gasteiger partial charge is 0.392 e. The number of piperazine rings is 1. The van der Waals surface area contributed by atoms with Crippen LogP contribution >= 0.6 is 0 Å². The predicted molar refractivity (Wildman–Crippen MR) is 104 cm³/mol. The highest BCUT2D eigenvalue weighted by Gasteiger charge is 2.27. The number of hydrogen-bond acceptors (Lipinski definition) is 4. The van der Waals surface area contributed by atoms with Gasteiger partial charge in [0.2, 0.25) is 5.91 Å². The zero-order chi connectivity index (χ0) is 19.2. The van der Waals surface area contributed by atoms with E-state index in [9.17, 15) is 9.90 Å². The molecule has 1 aromatic heterocycles. The lowest BCUT2D eigenvalue weighted by Crippen LogP contribution is -2.55. The minimum Gasteiger partial charge on any atom is -0.392 e. The van der Waals surface area contributed by atoms with E-state index < -0.39 is 0 Å². The number of aliphatic imine (C=N–C) groups is 1. The Morgan fingerprint density at radius 1 is 1.33 bits per heavy atom. The number of rotatable bonds is 5. The molecule has 8 heteroatoms. The molecule has 144 valence electrons. The number of aromatic nitrogens is 2. The maximum atomic E-state index is 12.6. The van der Waals surface area contributed by atoms with E-state index in [1.807, 2.05) is 49.3 Å². The van der Waals surface area contributed by atoms with Gasteiger partial charge in [-0.15, -0.1) is 0 Å². The molecule has 1 aliphatic rings. The maximum absolute atomic E-state index is 12.6. The first-order chi connectivity index (χ1) is 13.1. The molecule has 1 saturated heterocycles. The average molecular weight is 370 g/mol. The van der Waals surface area contributed by atoms with Gasteiger partial charge in [-0.1, -0.05) is 24.3 Å². The molecule has 1 aliphatic heterocycles. The van der Waals surface area contributed by atoms with Crippen LogP contribution in [0.2, 0.25) is 0 Å². The fourth-order valence-electron chi connectivity index (χ4n) is 3.09. The molecule has 2 heterocycles. The molecule has 0 atom stereocenters. The third-order valence-corrected chi connectivity index (χ3v) is 4.44. The molecule has 0 bridgehead atoms. The van der Waals surface area contributed by atoms with Gasteiger partial charge < -0.3 is 20.2 Å². The van der Waals surface area contributed by atoms with E-state index in [2.05, 4.69) is 15.4 Å². The molecule has 3 rings (SSSR count). The summed E-state index contributed by atoms with van der Waals surface area (Å²) in [6.07, 6.45) is 3.56. The predicted octanol–water partition coefficient (Wildman–Crippen LogP) is 0.727. The molecule has 2 aromatic rings. The van der Waals surface area contributed by atoms with Crippen molar-refractivity contribution < 1.29 is 9.90 Å². The van der Waals surface area contributed by atoms with E-state index >= 15 is 0 Å². The van der Waals surface area contributed by atoms with Crippen molar-refractivity contribution in [2.75, 3.05) is 31.1 Å². The molecule has 0 aliphatic carbocycles. The molecule has 27 heavy (non-hydrogen) atoms. The zero-order valence-electron chi connectivity index (χ0n) is 15.8. The number of carbonyl (C=O) groups is 1. The lowest BCUT2D eigenvalue weighted by molar-refractivity contribution is -0.120. The van der Waals surface area contributed by atoms with Crippen LogP contribution in [0, 0.1) is 0 Å². The van der Waals surface area contributed by atoms with Crippen LogP contribution in [-0.4, -0.2) is 57.8 Å². The third-order valence-electron chi connectivity index (χ3n) is 4.44. The summed E-state index contributed by atoms with van der Waals surface area (Å²) in [5.41, 5.74) is 2.72. The number of aliphatic hydroxyl groups is 1. The summed E-state index contributed by atoms with van der Waals surface area (Å²) < 4.78 is 1.70. The third kappa shape index (κ3) is 4.65. The number of aryl methyl sites for hydroxylation is 1. The van der Waals surface area contributed by atoms with Gasteiger partial charge in [-0.2, -0.15) is 5.10 Å². The summed E-state index contributed by atoms with van der Waals surface area (Å²) in [5, 5.41) is 16.7. The van der Waals surface area contributed by atoms with Gasteiger partial charge in [-0.3, -0.25) is 9.48 Å². The Bertz CT molecular complexity index is 816. The first-order valence-corrected chi connectivity index (χ1v) is 9.11. The van der Waals surface area contributed by atoms with E-state index in [-0.39, 0.29) is 19.1 Å². The lowest BCUT2D eigenvalue weighted by atomic mass is 10.1. The van der Waals surface area contributed by atoms with Crippen LogP contribution < -0.4 is 10.2 Å². The monoisotopic (exact) mass is 370 g/mol. The minimum absolute atomic E-state index is 0.0163. The van der Waals surface area contributed by atoms with Crippen molar-refractivity contribution in [1.29, 1.82) is 0 Å². The van der Waals surface area contributed by atoms with Crippen molar-refractivity contribution in [3.8, 4) is 0 Å². The first kappa shape index (κ1) is 18.9. The molecule has 0 unspecified atom stereocenters. The SMILES string of the molecule is CCNC(=NCc1cccc(CO)c1)N1CCN(c2cnn(C)c2)C(=O)C1. The first-order valence-electron chi connectivity index (χ1n) is 9.11. The molecule has 1 fully saturated rings. The normalized spacial score (nSPS) is 15.4. The van der Waals surface area contributed by atoms with Crippen LogP contribution in [0.1, 0.15) is 18.1 Å². The summed E-state index contributed by atoms with van der Waals surface area (Å²) >= 11 is 0. The van der Waals surface area contributed by atoms with E-state index in [0.29, 0.717) is 19.6 Å². The lowest BCUT2D eigenvalue weighted by Gasteiger charge is -2.35. The Labute approximate surface area is 159 Å². The molecule has 8 nitrogen and oxygen atoms in total. The van der Waals surface area contributed by atoms with Gasteiger partial charge in [0.1, 0.15) is 6.54 Å². The van der Waals surface area contributed by atoms with Gasteiger partial charge in [0.05, 0.1) is 25.0 Å². The summed E-state index contributed by atoms with van der Waals surface area (Å²) in [4.78, 5) is 21.0. The standard InChI is InChI=1S/C19H26N6O2/c1-3-20-19(21-10-15-5-4-6-16(9-15)14-26)24-7-8-25(18(27)13-24)17-11-22-23(2)12-17/h4-6,9,11-12,26H,3,7-8,10,13-14H2,1-2H3,(H,20,21). The molecule has 2 N–H and O–H groups in total. The minimum atomic E-state index is 0.0163. The Morgan fingerprint density at radius 2 is 2.15 bits per heavy atom. The summed E-state index contributed by atoms with van der Waals surface area (Å²) in [6.45, 7) is 4.81. The van der Waals surface area contributed by atoms with Gasteiger partial charge in [0, 0.05) is 32.9 Å².